The van der Waals surface area contributed by atoms with Crippen molar-refractivity contribution < 1.29 is 9.59 Å². The van der Waals surface area contributed by atoms with E-state index in [2.05, 4.69) is 21.2 Å². The predicted molar refractivity (Wildman–Crippen MR) is 130 cm³/mol. The number of nitrogens with zero attached hydrogens (tertiary/aromatic N) is 1. The molecule has 0 aliphatic carbocycles. The summed E-state index contributed by atoms with van der Waals surface area (Å²) in [5.74, 6) is 1.18. The summed E-state index contributed by atoms with van der Waals surface area (Å²) in [7, 11) is 0. The van der Waals surface area contributed by atoms with Crippen molar-refractivity contribution in [3.05, 3.63) is 69.2 Å². The minimum atomic E-state index is -0.550. The molecule has 30 heavy (non-hydrogen) atoms. The monoisotopic (exact) mass is 510 g/mol. The standard InChI is InChI=1S/C23H28BrClN2O2S/c1-16(2)12-26-23(29)17(3)27(13-19-5-4-6-20(24)11-19)22(28)15-30-14-18-7-9-21(25)10-8-18/h4-11,16-17H,12-15H2,1-3H3,(H,26,29)/t17-/m0/s1. The van der Waals surface area contributed by atoms with Gasteiger partial charge in [-0.1, -0.05) is 65.6 Å². The van der Waals surface area contributed by atoms with E-state index in [1.165, 1.54) is 11.8 Å². The fraction of sp³-hybridized carbons (Fsp3) is 0.391. The first-order valence-corrected chi connectivity index (χ1v) is 12.2. The molecule has 4 nitrogen and oxygen atoms in total. The second-order valence-electron chi connectivity index (χ2n) is 7.59. The third-order valence-corrected chi connectivity index (χ3v) is 6.24. The Balaban J connectivity index is 2.05. The van der Waals surface area contributed by atoms with Crippen LogP contribution in [0.4, 0.5) is 0 Å². The van der Waals surface area contributed by atoms with E-state index in [1.807, 2.05) is 62.4 Å². The van der Waals surface area contributed by atoms with Crippen molar-refractivity contribution in [2.45, 2.75) is 39.1 Å². The van der Waals surface area contributed by atoms with Crippen LogP contribution in [-0.2, 0) is 21.9 Å². The number of hydrogen-bond donors (Lipinski definition) is 1. The Bertz CT molecular complexity index is 845. The highest BCUT2D eigenvalue weighted by Crippen LogP contribution is 2.19. The molecule has 162 valence electrons. The van der Waals surface area contributed by atoms with Gasteiger partial charge in [-0.05, 0) is 48.2 Å². The van der Waals surface area contributed by atoms with Gasteiger partial charge in [-0.15, -0.1) is 11.8 Å². The summed E-state index contributed by atoms with van der Waals surface area (Å²) >= 11 is 10.9. The molecule has 1 N–H and O–H groups in total. The molecule has 1 atom stereocenters. The largest absolute Gasteiger partial charge is 0.354 e. The van der Waals surface area contributed by atoms with Crippen molar-refractivity contribution in [2.24, 2.45) is 5.92 Å². The minimum Gasteiger partial charge on any atom is -0.354 e. The molecule has 2 aromatic rings. The van der Waals surface area contributed by atoms with Crippen molar-refractivity contribution in [3.63, 3.8) is 0 Å². The average molecular weight is 512 g/mol. The number of nitrogens with one attached hydrogen (secondary N) is 1. The van der Waals surface area contributed by atoms with Crippen LogP contribution >= 0.6 is 39.3 Å². The summed E-state index contributed by atoms with van der Waals surface area (Å²) in [5.41, 5.74) is 2.09. The van der Waals surface area contributed by atoms with Crippen molar-refractivity contribution in [2.75, 3.05) is 12.3 Å². The van der Waals surface area contributed by atoms with Crippen LogP contribution in [0.1, 0.15) is 31.9 Å². The lowest BCUT2D eigenvalue weighted by molar-refractivity contribution is -0.138. The summed E-state index contributed by atoms with van der Waals surface area (Å²) in [4.78, 5) is 27.4. The zero-order chi connectivity index (χ0) is 22.1. The first kappa shape index (κ1) is 24.8. The second kappa shape index (κ2) is 12.4. The van der Waals surface area contributed by atoms with E-state index in [4.69, 9.17) is 11.6 Å². The Hall–Kier alpha value is -1.50. The van der Waals surface area contributed by atoms with Gasteiger partial charge in [0.1, 0.15) is 6.04 Å². The van der Waals surface area contributed by atoms with E-state index in [-0.39, 0.29) is 11.8 Å². The number of halogens is 2. The van der Waals surface area contributed by atoms with Crippen LogP contribution in [0, 0.1) is 5.92 Å². The summed E-state index contributed by atoms with van der Waals surface area (Å²) < 4.78 is 0.946. The topological polar surface area (TPSA) is 49.4 Å². The number of benzene rings is 2. The molecular weight excluding hydrogens is 484 g/mol. The summed E-state index contributed by atoms with van der Waals surface area (Å²) in [6.07, 6.45) is 0. The fourth-order valence-electron chi connectivity index (χ4n) is 2.79. The molecule has 0 heterocycles. The van der Waals surface area contributed by atoms with Crippen LogP contribution in [0.2, 0.25) is 5.02 Å². The molecule has 0 spiro atoms. The van der Waals surface area contributed by atoms with Gasteiger partial charge in [-0.2, -0.15) is 0 Å². The maximum absolute atomic E-state index is 13.1. The number of carbonyl (C=O) groups is 2. The maximum atomic E-state index is 13.1. The van der Waals surface area contributed by atoms with Gasteiger partial charge in [0.15, 0.2) is 0 Å². The molecular formula is C23H28BrClN2O2S. The van der Waals surface area contributed by atoms with Crippen molar-refractivity contribution >= 4 is 51.1 Å². The van der Waals surface area contributed by atoms with Gasteiger partial charge in [0.25, 0.3) is 0 Å². The van der Waals surface area contributed by atoms with Gasteiger partial charge >= 0.3 is 0 Å². The molecule has 0 aliphatic heterocycles. The molecule has 7 heteroatoms. The molecule has 0 fully saturated rings. The van der Waals surface area contributed by atoms with Gasteiger partial charge in [0, 0.05) is 28.3 Å². The van der Waals surface area contributed by atoms with E-state index in [1.54, 1.807) is 11.8 Å². The SMILES string of the molecule is CC(C)CNC(=O)[C@H](C)N(Cc1cccc(Br)c1)C(=O)CSCc1ccc(Cl)cc1. The fourth-order valence-corrected chi connectivity index (χ4v) is 4.23. The third-order valence-electron chi connectivity index (χ3n) is 4.50. The molecule has 0 saturated carbocycles. The molecule has 0 aliphatic rings. The lowest BCUT2D eigenvalue weighted by atomic mass is 10.1. The first-order chi connectivity index (χ1) is 14.3. The summed E-state index contributed by atoms with van der Waals surface area (Å²) in [6, 6.07) is 14.9. The molecule has 0 aromatic heterocycles. The average Bonchev–Trinajstić information content (AvgIpc) is 2.71. The highest BCUT2D eigenvalue weighted by atomic mass is 79.9. The number of amides is 2. The van der Waals surface area contributed by atoms with E-state index >= 15 is 0 Å². The van der Waals surface area contributed by atoms with Crippen LogP contribution in [0.25, 0.3) is 0 Å². The number of rotatable bonds is 10. The number of carbonyl (C=O) groups excluding carboxylic acids is 2. The normalized spacial score (nSPS) is 11.9. The molecule has 0 saturated heterocycles. The molecule has 2 amide bonds. The second-order valence-corrected chi connectivity index (χ2v) is 9.92. The highest BCUT2D eigenvalue weighted by Gasteiger charge is 2.26. The van der Waals surface area contributed by atoms with Gasteiger partial charge < -0.3 is 10.2 Å². The number of hydrogen-bond acceptors (Lipinski definition) is 3. The molecule has 2 rings (SSSR count). The lowest BCUT2D eigenvalue weighted by Gasteiger charge is -2.29. The van der Waals surface area contributed by atoms with Crippen LogP contribution < -0.4 is 5.32 Å². The quantitative estimate of drug-likeness (QED) is 0.456. The van der Waals surface area contributed by atoms with Gasteiger partial charge in [-0.25, -0.2) is 0 Å². The van der Waals surface area contributed by atoms with E-state index in [0.717, 1.165) is 15.6 Å². The van der Waals surface area contributed by atoms with Gasteiger partial charge in [-0.3, -0.25) is 9.59 Å². The Morgan fingerprint density at radius 3 is 2.43 bits per heavy atom. The number of thioether (sulfide) groups is 1. The van der Waals surface area contributed by atoms with E-state index < -0.39 is 6.04 Å². The van der Waals surface area contributed by atoms with Crippen LogP contribution in [0.15, 0.2) is 53.0 Å². The molecule has 0 unspecified atom stereocenters. The Morgan fingerprint density at radius 2 is 1.80 bits per heavy atom. The highest BCUT2D eigenvalue weighted by molar-refractivity contribution is 9.10. The Labute approximate surface area is 196 Å². The zero-order valence-electron chi connectivity index (χ0n) is 17.5. The van der Waals surface area contributed by atoms with E-state index in [9.17, 15) is 9.59 Å². The van der Waals surface area contributed by atoms with Crippen LogP contribution in [0.5, 0.6) is 0 Å². The summed E-state index contributed by atoms with van der Waals surface area (Å²) in [5, 5.41) is 3.64. The van der Waals surface area contributed by atoms with Crippen LogP contribution in [-0.4, -0.2) is 35.1 Å². The van der Waals surface area contributed by atoms with Crippen LogP contribution in [0.3, 0.4) is 0 Å². The van der Waals surface area contributed by atoms with Crippen molar-refractivity contribution in [3.8, 4) is 0 Å². The lowest BCUT2D eigenvalue weighted by Crippen LogP contribution is -2.48. The predicted octanol–water partition coefficient (Wildman–Crippen LogP) is 5.53. The maximum Gasteiger partial charge on any atom is 0.242 e. The van der Waals surface area contributed by atoms with E-state index in [0.29, 0.717) is 35.5 Å². The van der Waals surface area contributed by atoms with Gasteiger partial charge in [0.2, 0.25) is 11.8 Å². The Morgan fingerprint density at radius 1 is 1.10 bits per heavy atom. The van der Waals surface area contributed by atoms with Crippen molar-refractivity contribution in [1.29, 1.82) is 0 Å². The Kier molecular flexibility index (Phi) is 10.2. The third kappa shape index (κ3) is 8.32. The van der Waals surface area contributed by atoms with Crippen molar-refractivity contribution in [1.82, 2.24) is 10.2 Å². The molecule has 2 aromatic carbocycles. The molecule has 0 bridgehead atoms. The summed E-state index contributed by atoms with van der Waals surface area (Å²) in [6.45, 7) is 6.85. The van der Waals surface area contributed by atoms with Gasteiger partial charge in [0.05, 0.1) is 5.75 Å². The first-order valence-electron chi connectivity index (χ1n) is 9.90. The molecule has 0 radical (unpaired) electrons. The smallest absolute Gasteiger partial charge is 0.242 e. The minimum absolute atomic E-state index is 0.0545. The zero-order valence-corrected chi connectivity index (χ0v) is 20.7.